The minimum absolute atomic E-state index is 0.0162. The van der Waals surface area contributed by atoms with Gasteiger partial charge in [-0.05, 0) is 44.2 Å². The molecule has 3 rings (SSSR count). The average molecular weight is 1070 g/mol. The van der Waals surface area contributed by atoms with Crippen LogP contribution in [0.3, 0.4) is 0 Å². The van der Waals surface area contributed by atoms with E-state index in [4.69, 9.17) is 53.1 Å². The molecule has 3 N–H and O–H groups in total. The molecule has 18 nitrogen and oxygen atoms in total. The van der Waals surface area contributed by atoms with Crippen molar-refractivity contribution in [2.24, 2.45) is 10.7 Å². The van der Waals surface area contributed by atoms with Gasteiger partial charge in [0, 0.05) is 49.0 Å². The Hall–Kier alpha value is -4.14. The van der Waals surface area contributed by atoms with Crippen LogP contribution in [0.4, 0.5) is 23.2 Å². The number of benzene rings is 1. The lowest BCUT2D eigenvalue weighted by atomic mass is 10.1. The second-order valence-electron chi connectivity index (χ2n) is 16.3. The van der Waals surface area contributed by atoms with E-state index >= 15 is 0 Å². The molecule has 414 valence electrons. The first-order valence-corrected chi connectivity index (χ1v) is 25.9. The van der Waals surface area contributed by atoms with Gasteiger partial charge in [0.2, 0.25) is 29.2 Å². The summed E-state index contributed by atoms with van der Waals surface area (Å²) in [5.41, 5.74) is 7.74. The Balaban J connectivity index is 0.978. The van der Waals surface area contributed by atoms with E-state index in [1.165, 1.54) is 4.88 Å². The number of nitrogens with zero attached hydrogens (tertiary/aromatic N) is 2. The van der Waals surface area contributed by atoms with Crippen LogP contribution in [0.25, 0.3) is 6.08 Å². The number of ether oxygens (including phenoxy) is 11. The van der Waals surface area contributed by atoms with Crippen molar-refractivity contribution in [1.82, 2.24) is 10.2 Å². The molecule has 23 heteroatoms. The van der Waals surface area contributed by atoms with Crippen LogP contribution in [-0.2, 0) is 68.2 Å². The fourth-order valence-corrected chi connectivity index (χ4v) is 7.79. The molecule has 1 aliphatic rings. The van der Waals surface area contributed by atoms with E-state index < -0.39 is 41.4 Å². The minimum Gasteiger partial charge on any atom is -0.420 e. The van der Waals surface area contributed by atoms with Gasteiger partial charge in [-0.3, -0.25) is 14.4 Å². The first-order valence-electron chi connectivity index (χ1n) is 25.1. The number of rotatable bonds is 45. The minimum atomic E-state index is -1.80. The highest BCUT2D eigenvalue weighted by molar-refractivity contribution is 7.13. The van der Waals surface area contributed by atoms with E-state index in [0.29, 0.717) is 143 Å². The molecule has 0 saturated heterocycles. The van der Waals surface area contributed by atoms with Crippen molar-refractivity contribution >= 4 is 46.7 Å². The predicted octanol–water partition coefficient (Wildman–Crippen LogP) is 6.11. The molecule has 73 heavy (non-hydrogen) atoms. The molecule has 1 aromatic heterocycles. The number of carbonyl (C=O) groups excluding carboxylic acids is 3. The van der Waals surface area contributed by atoms with Crippen LogP contribution in [0, 0.1) is 23.3 Å². The molecule has 0 saturated carbocycles. The molecule has 2 amide bonds. The molecule has 2 heterocycles. The maximum atomic E-state index is 13.6. The number of hydrogen-bond acceptors (Lipinski definition) is 17. The average Bonchev–Trinajstić information content (AvgIpc) is 3.67. The number of amidine groups is 1. The number of amides is 2. The number of thiophene rings is 1. The molecule has 0 spiro atoms. The van der Waals surface area contributed by atoms with Gasteiger partial charge in [0.05, 0.1) is 149 Å². The van der Waals surface area contributed by atoms with Gasteiger partial charge in [-0.1, -0.05) is 20.3 Å². The van der Waals surface area contributed by atoms with Crippen molar-refractivity contribution in [1.29, 1.82) is 0 Å². The van der Waals surface area contributed by atoms with Crippen molar-refractivity contribution < 1.29 is 84.1 Å². The second-order valence-corrected chi connectivity index (χ2v) is 17.4. The summed E-state index contributed by atoms with van der Waals surface area (Å²) >= 11 is 1.67. The normalized spacial score (nSPS) is 12.4. The van der Waals surface area contributed by atoms with Crippen LogP contribution >= 0.6 is 11.3 Å². The SMILES string of the molecule is CCCN(CCC)C(=O)C1=Cc2sc(CCCCCNC(=O)CCOCCOCCOCCOCCOCCOCCOCCOCCOCCOCCC(=O)Oc3c(F)c(F)cc(F)c3F)cc2N=C(N)C1. The molecular formula is C50H76F4N4O14S. The number of carbonyl (C=O) groups is 3. The second kappa shape index (κ2) is 40.2. The third-order valence-corrected chi connectivity index (χ3v) is 11.4. The molecule has 1 aromatic carbocycles. The summed E-state index contributed by atoms with van der Waals surface area (Å²) in [6.07, 6.45) is 7.79. The smallest absolute Gasteiger partial charge is 0.313 e. The molecule has 2 aromatic rings. The Labute approximate surface area is 430 Å². The monoisotopic (exact) mass is 1060 g/mol. The van der Waals surface area contributed by atoms with Crippen LogP contribution in [0.1, 0.15) is 75.0 Å². The number of esters is 1. The lowest BCUT2D eigenvalue weighted by Gasteiger charge is -2.22. The summed E-state index contributed by atoms with van der Waals surface area (Å²) in [4.78, 5) is 45.9. The number of fused-ring (bicyclic) bond motifs is 1. The summed E-state index contributed by atoms with van der Waals surface area (Å²) in [5, 5.41) is 2.96. The molecule has 0 atom stereocenters. The van der Waals surface area contributed by atoms with Crippen LogP contribution in [0.5, 0.6) is 5.75 Å². The molecule has 0 fully saturated rings. The maximum Gasteiger partial charge on any atom is 0.313 e. The van der Waals surface area contributed by atoms with E-state index in [-0.39, 0.29) is 37.7 Å². The molecule has 0 bridgehead atoms. The fraction of sp³-hybridized carbons (Fsp3) is 0.680. The summed E-state index contributed by atoms with van der Waals surface area (Å²) in [6, 6.07) is 2.09. The van der Waals surface area contributed by atoms with E-state index in [0.717, 1.165) is 62.2 Å². The molecule has 0 unspecified atom stereocenters. The molecular weight excluding hydrogens is 989 g/mol. The van der Waals surface area contributed by atoms with Gasteiger partial charge < -0.3 is 68.1 Å². The van der Waals surface area contributed by atoms with Gasteiger partial charge in [0.25, 0.3) is 0 Å². The van der Waals surface area contributed by atoms with Crippen molar-refractivity contribution in [2.45, 2.75) is 71.6 Å². The first-order chi connectivity index (χ1) is 35.5. The van der Waals surface area contributed by atoms with Crippen molar-refractivity contribution in [3.63, 3.8) is 0 Å². The number of aryl methyl sites for hydroxylation is 1. The zero-order valence-corrected chi connectivity index (χ0v) is 43.3. The largest absolute Gasteiger partial charge is 0.420 e. The Kier molecular flexibility index (Phi) is 34.8. The quantitative estimate of drug-likeness (QED) is 0.0252. The Morgan fingerprint density at radius 2 is 1.05 bits per heavy atom. The van der Waals surface area contributed by atoms with E-state index in [2.05, 4.69) is 35.0 Å². The highest BCUT2D eigenvalue weighted by atomic mass is 32.1. The van der Waals surface area contributed by atoms with Gasteiger partial charge in [-0.25, -0.2) is 13.8 Å². The maximum absolute atomic E-state index is 13.6. The summed E-state index contributed by atoms with van der Waals surface area (Å²) < 4.78 is 112. The summed E-state index contributed by atoms with van der Waals surface area (Å²) in [5.74, 6) is -9.05. The Morgan fingerprint density at radius 3 is 1.51 bits per heavy atom. The van der Waals surface area contributed by atoms with Gasteiger partial charge in [-0.15, -0.1) is 11.3 Å². The standard InChI is InChI=1S/C50H76F4N4O14S/c1-3-12-58(13-4-2)50(61)38-34-43-42(57-44(55)35-38)36-39(73-43)8-6-5-7-11-56-45(59)9-14-62-16-18-64-20-22-66-24-26-68-28-30-70-32-33-71-31-29-69-27-25-67-23-21-65-19-17-63-15-10-46(60)72-49-47(53)40(51)37-41(52)48(49)54/h34,36-37H,3-33,35H2,1-2H3,(H2,55,57)(H,56,59). The number of nitrogens with one attached hydrogen (secondary N) is 1. The summed E-state index contributed by atoms with van der Waals surface area (Å²) in [7, 11) is 0. The van der Waals surface area contributed by atoms with E-state index in [1.54, 1.807) is 11.3 Å². The topological polar surface area (TPSA) is 206 Å². The lowest BCUT2D eigenvalue weighted by molar-refractivity contribution is -0.136. The van der Waals surface area contributed by atoms with Gasteiger partial charge in [0.1, 0.15) is 5.84 Å². The number of aliphatic imine (C=N–C) groups is 1. The number of unbranched alkanes of at least 4 members (excludes halogenated alkanes) is 2. The number of halogens is 4. The van der Waals surface area contributed by atoms with E-state index in [1.807, 2.05) is 11.0 Å². The van der Waals surface area contributed by atoms with Crippen LogP contribution in [0.15, 0.2) is 22.7 Å². The first kappa shape index (κ1) is 63.2. The molecule has 0 radical (unpaired) electrons. The Bertz CT molecular complexity index is 1900. The zero-order valence-electron chi connectivity index (χ0n) is 42.5. The third kappa shape index (κ3) is 28.4. The summed E-state index contributed by atoms with van der Waals surface area (Å²) in [6.45, 7) is 13.1. The van der Waals surface area contributed by atoms with Gasteiger partial charge in [-0.2, -0.15) is 8.78 Å². The fourth-order valence-electron chi connectivity index (χ4n) is 6.68. The Morgan fingerprint density at radius 1 is 0.616 bits per heavy atom. The lowest BCUT2D eigenvalue weighted by Crippen LogP contribution is -2.34. The predicted molar refractivity (Wildman–Crippen MR) is 265 cm³/mol. The molecule has 0 aliphatic carbocycles. The molecule has 1 aliphatic heterocycles. The van der Waals surface area contributed by atoms with E-state index in [9.17, 15) is 31.9 Å². The number of hydrogen-bond donors (Lipinski definition) is 2. The van der Waals surface area contributed by atoms with Gasteiger partial charge in [0.15, 0.2) is 11.6 Å². The highest BCUT2D eigenvalue weighted by Gasteiger charge is 2.24. The van der Waals surface area contributed by atoms with Crippen molar-refractivity contribution in [2.75, 3.05) is 152 Å². The zero-order chi connectivity index (χ0) is 52.7. The van der Waals surface area contributed by atoms with Crippen LogP contribution < -0.4 is 15.8 Å². The highest BCUT2D eigenvalue weighted by Crippen LogP contribution is 2.35. The van der Waals surface area contributed by atoms with Crippen molar-refractivity contribution in [3.05, 3.63) is 50.7 Å². The van der Waals surface area contributed by atoms with Crippen molar-refractivity contribution in [3.8, 4) is 5.75 Å². The van der Waals surface area contributed by atoms with Crippen LogP contribution in [0.2, 0.25) is 0 Å². The van der Waals surface area contributed by atoms with Crippen LogP contribution in [-0.4, -0.2) is 180 Å². The van der Waals surface area contributed by atoms with Gasteiger partial charge >= 0.3 is 5.97 Å². The number of nitrogens with two attached hydrogens (primary N) is 1. The third-order valence-electron chi connectivity index (χ3n) is 10.3.